The fourth-order valence-corrected chi connectivity index (χ4v) is 2.86. The lowest BCUT2D eigenvalue weighted by molar-refractivity contribution is -0.120. The number of rotatable bonds is 6. The fourth-order valence-electron chi connectivity index (χ4n) is 2.52. The monoisotopic (exact) mass is 367 g/mol. The number of halogens is 1. The van der Waals surface area contributed by atoms with E-state index in [9.17, 15) is 4.79 Å². The zero-order valence-electron chi connectivity index (χ0n) is 15.1. The van der Waals surface area contributed by atoms with Crippen LogP contribution in [0, 0.1) is 0 Å². The van der Waals surface area contributed by atoms with Crippen molar-refractivity contribution in [3.63, 3.8) is 0 Å². The van der Waals surface area contributed by atoms with Gasteiger partial charge in [-0.15, -0.1) is 9.24 Å². The molecule has 1 aromatic carbocycles. The first-order valence-electron chi connectivity index (χ1n) is 8.58. The number of nitrogens with one attached hydrogen (secondary N) is 1. The second kappa shape index (κ2) is 7.76. The second-order valence-corrected chi connectivity index (χ2v) is 9.64. The van der Waals surface area contributed by atoms with Crippen LogP contribution in [0.1, 0.15) is 53.4 Å². The Morgan fingerprint density at radius 1 is 1.25 bits per heavy atom. The molecule has 24 heavy (non-hydrogen) atoms. The molecule has 0 spiro atoms. The van der Waals surface area contributed by atoms with Crippen LogP contribution in [0.5, 0.6) is 0 Å². The maximum atomic E-state index is 11.3. The zero-order chi connectivity index (χ0) is 18.0. The Hall–Kier alpha value is -0.565. The second-order valence-electron chi connectivity index (χ2n) is 7.79. The van der Waals surface area contributed by atoms with Gasteiger partial charge in [0.05, 0.1) is 16.3 Å². The molecule has 1 aromatic rings. The maximum Gasteiger partial charge on any atom is 0.309 e. The molecular formula is C18H28BClNO2P. The Morgan fingerprint density at radius 3 is 2.42 bits per heavy atom. The number of ketones is 1. The number of hydrogen-bond donors (Lipinski definition) is 1. The van der Waals surface area contributed by atoms with Gasteiger partial charge < -0.3 is 9.97 Å². The molecule has 1 fully saturated rings. The number of benzene rings is 1. The standard InChI is InChI=1S/C18H28BClNO2P/c1-17(2,18(3,4)24)23-19-12-5-10-16(15(20)11-12)21-13-6-8-14(22)9-7-13/h5,10-11,13,19,21H,6-9,24H2,1-4H3. The van der Waals surface area contributed by atoms with Gasteiger partial charge >= 0.3 is 7.48 Å². The van der Waals surface area contributed by atoms with Gasteiger partial charge in [-0.25, -0.2) is 0 Å². The van der Waals surface area contributed by atoms with E-state index in [0.29, 0.717) is 37.2 Å². The van der Waals surface area contributed by atoms with Crippen LogP contribution in [0.15, 0.2) is 18.2 Å². The van der Waals surface area contributed by atoms with Gasteiger partial charge in [-0.3, -0.25) is 4.79 Å². The van der Waals surface area contributed by atoms with E-state index in [-0.39, 0.29) is 10.8 Å². The summed E-state index contributed by atoms with van der Waals surface area (Å²) < 4.78 is 6.10. The van der Waals surface area contributed by atoms with E-state index in [1.165, 1.54) is 0 Å². The molecule has 1 saturated carbocycles. The van der Waals surface area contributed by atoms with Crippen LogP contribution in [0.3, 0.4) is 0 Å². The Kier molecular flexibility index (Phi) is 6.39. The molecule has 1 N–H and O–H groups in total. The highest BCUT2D eigenvalue weighted by molar-refractivity contribution is 7.19. The van der Waals surface area contributed by atoms with Crippen molar-refractivity contribution in [2.45, 2.75) is 70.2 Å². The third-order valence-electron chi connectivity index (χ3n) is 5.09. The predicted molar refractivity (Wildman–Crippen MR) is 108 cm³/mol. The topological polar surface area (TPSA) is 38.3 Å². The highest BCUT2D eigenvalue weighted by Crippen LogP contribution is 2.33. The largest absolute Gasteiger partial charge is 0.429 e. The van der Waals surface area contributed by atoms with Gasteiger partial charge in [-0.05, 0) is 38.8 Å². The molecule has 0 radical (unpaired) electrons. The zero-order valence-corrected chi connectivity index (χ0v) is 17.0. The molecule has 0 bridgehead atoms. The van der Waals surface area contributed by atoms with Crippen molar-refractivity contribution in [1.82, 2.24) is 0 Å². The maximum absolute atomic E-state index is 11.3. The molecule has 6 heteroatoms. The fraction of sp³-hybridized carbons (Fsp3) is 0.611. The van der Waals surface area contributed by atoms with Crippen LogP contribution in [0.25, 0.3) is 0 Å². The molecule has 0 heterocycles. The van der Waals surface area contributed by atoms with Gasteiger partial charge in [0.15, 0.2) is 0 Å². The summed E-state index contributed by atoms with van der Waals surface area (Å²) in [7, 11) is 3.38. The number of anilines is 1. The molecule has 0 aromatic heterocycles. The summed E-state index contributed by atoms with van der Waals surface area (Å²) in [6.07, 6.45) is 3.11. The summed E-state index contributed by atoms with van der Waals surface area (Å²) in [5, 5.41) is 4.15. The minimum absolute atomic E-state index is 0.0172. The van der Waals surface area contributed by atoms with Crippen molar-refractivity contribution in [1.29, 1.82) is 0 Å². The van der Waals surface area contributed by atoms with Crippen molar-refractivity contribution in [2.24, 2.45) is 0 Å². The molecule has 0 amide bonds. The summed E-state index contributed by atoms with van der Waals surface area (Å²) in [5.74, 6) is 0.367. The first kappa shape index (κ1) is 19.8. The molecule has 3 nitrogen and oxygen atoms in total. The van der Waals surface area contributed by atoms with E-state index in [2.05, 4.69) is 42.3 Å². The third-order valence-corrected chi connectivity index (χ3v) is 6.10. The summed E-state index contributed by atoms with van der Waals surface area (Å²) in [5.41, 5.74) is 1.74. The van der Waals surface area contributed by atoms with E-state index >= 15 is 0 Å². The smallest absolute Gasteiger partial charge is 0.309 e. The Bertz CT molecular complexity index is 591. The summed E-state index contributed by atoms with van der Waals surface area (Å²) in [4.78, 5) is 11.3. The normalized spacial score (nSPS) is 17.0. The Labute approximate surface area is 153 Å². The van der Waals surface area contributed by atoms with Crippen molar-refractivity contribution in [3.8, 4) is 0 Å². The number of carbonyl (C=O) groups is 1. The first-order valence-corrected chi connectivity index (χ1v) is 9.53. The quantitative estimate of drug-likeness (QED) is 0.615. The van der Waals surface area contributed by atoms with Crippen molar-refractivity contribution in [3.05, 3.63) is 23.2 Å². The summed E-state index contributed by atoms with van der Waals surface area (Å²) in [6, 6.07) is 6.35. The average Bonchev–Trinajstić information content (AvgIpc) is 2.49. The minimum atomic E-state index is -0.254. The number of hydrogen-bond acceptors (Lipinski definition) is 3. The summed E-state index contributed by atoms with van der Waals surface area (Å²) >= 11 is 6.43. The molecule has 2 rings (SSSR count). The third kappa shape index (κ3) is 5.21. The van der Waals surface area contributed by atoms with Gasteiger partial charge in [0.25, 0.3) is 0 Å². The van der Waals surface area contributed by atoms with E-state index in [1.807, 2.05) is 18.2 Å². The lowest BCUT2D eigenvalue weighted by Gasteiger charge is -2.39. The SMILES string of the molecule is CC(C)(P)C(C)(C)OBc1ccc(NC2CCC(=O)CC2)c(Cl)c1. The molecule has 132 valence electrons. The highest BCUT2D eigenvalue weighted by Gasteiger charge is 2.33. The Morgan fingerprint density at radius 2 is 1.88 bits per heavy atom. The predicted octanol–water partition coefficient (Wildman–Crippen LogP) is 3.69. The van der Waals surface area contributed by atoms with Crippen LogP contribution < -0.4 is 10.8 Å². The van der Waals surface area contributed by atoms with Crippen LogP contribution >= 0.6 is 20.8 Å². The summed E-state index contributed by atoms with van der Waals surface area (Å²) in [6.45, 7) is 8.49. The van der Waals surface area contributed by atoms with Gasteiger partial charge in [0, 0.05) is 24.0 Å². The number of carbonyl (C=O) groups excluding carboxylic acids is 1. The molecule has 0 saturated heterocycles. The highest BCUT2D eigenvalue weighted by atomic mass is 35.5. The van der Waals surface area contributed by atoms with Crippen molar-refractivity contribution >= 4 is 45.3 Å². The molecule has 1 atom stereocenters. The van der Waals surface area contributed by atoms with Gasteiger partial charge in [-0.1, -0.05) is 37.0 Å². The first-order chi connectivity index (χ1) is 11.1. The van der Waals surface area contributed by atoms with Gasteiger partial charge in [0.1, 0.15) is 5.78 Å². The van der Waals surface area contributed by atoms with E-state index in [0.717, 1.165) is 24.0 Å². The Balaban J connectivity index is 1.96. The molecular weight excluding hydrogens is 339 g/mol. The van der Waals surface area contributed by atoms with Crippen molar-refractivity contribution < 1.29 is 9.45 Å². The van der Waals surface area contributed by atoms with Crippen LogP contribution in [0.2, 0.25) is 5.02 Å². The molecule has 1 unspecified atom stereocenters. The molecule has 1 aliphatic rings. The lowest BCUT2D eigenvalue weighted by Crippen LogP contribution is -2.45. The number of Topliss-reactive ketones (excluding diaryl/α,β-unsaturated/α-hetero) is 1. The lowest BCUT2D eigenvalue weighted by atomic mass is 9.84. The van der Waals surface area contributed by atoms with Crippen LogP contribution in [-0.4, -0.2) is 30.1 Å². The van der Waals surface area contributed by atoms with E-state index < -0.39 is 0 Å². The molecule has 1 aliphatic carbocycles. The van der Waals surface area contributed by atoms with Gasteiger partial charge in [0.2, 0.25) is 0 Å². The van der Waals surface area contributed by atoms with Crippen molar-refractivity contribution in [2.75, 3.05) is 5.32 Å². The van der Waals surface area contributed by atoms with Gasteiger partial charge in [-0.2, -0.15) is 0 Å². The minimum Gasteiger partial charge on any atom is -0.429 e. The van der Waals surface area contributed by atoms with E-state index in [1.54, 1.807) is 0 Å². The van der Waals surface area contributed by atoms with Crippen LogP contribution in [0.4, 0.5) is 5.69 Å². The molecule has 0 aliphatic heterocycles. The van der Waals surface area contributed by atoms with Crippen LogP contribution in [-0.2, 0) is 9.45 Å². The average molecular weight is 368 g/mol. The van der Waals surface area contributed by atoms with E-state index in [4.69, 9.17) is 16.3 Å².